The van der Waals surface area contributed by atoms with Gasteiger partial charge in [-0.05, 0) is 51.3 Å². The smallest absolute Gasteiger partial charge is 0.0537 e. The lowest BCUT2D eigenvalue weighted by molar-refractivity contribution is 0.704. The van der Waals surface area contributed by atoms with Crippen LogP contribution < -0.4 is 0 Å². The van der Waals surface area contributed by atoms with Crippen molar-refractivity contribution >= 4 is 22.7 Å². The summed E-state index contributed by atoms with van der Waals surface area (Å²) in [6.07, 6.45) is 12.9. The van der Waals surface area contributed by atoms with Gasteiger partial charge in [0.1, 0.15) is 0 Å². The van der Waals surface area contributed by atoms with Crippen LogP contribution in [0, 0.1) is 6.92 Å². The van der Waals surface area contributed by atoms with Gasteiger partial charge < -0.3 is 4.57 Å². The van der Waals surface area contributed by atoms with E-state index in [4.69, 9.17) is 0 Å². The number of nitrogens with zero attached hydrogens (tertiary/aromatic N) is 1. The van der Waals surface area contributed by atoms with Crippen molar-refractivity contribution in [2.45, 2.75) is 46.0 Å². The number of aryl methyl sites for hydroxylation is 1. The average molecular weight is 289 g/mol. The molecule has 22 heavy (non-hydrogen) atoms. The minimum absolute atomic E-state index is 0.573. The molecule has 2 aromatic rings. The van der Waals surface area contributed by atoms with E-state index in [-0.39, 0.29) is 0 Å². The number of allylic oxidation sites excluding steroid dienone is 5. The fourth-order valence-corrected chi connectivity index (χ4v) is 4.01. The second-order valence-corrected chi connectivity index (χ2v) is 6.86. The summed E-state index contributed by atoms with van der Waals surface area (Å²) in [5, 5.41) is 1.40. The Morgan fingerprint density at radius 1 is 1.14 bits per heavy atom. The van der Waals surface area contributed by atoms with Crippen LogP contribution in [0.25, 0.3) is 22.7 Å². The number of hydrogen-bond acceptors (Lipinski definition) is 0. The largest absolute Gasteiger partial charge is 0.313 e. The predicted octanol–water partition coefficient (Wildman–Crippen LogP) is 6.05. The molecule has 0 bridgehead atoms. The summed E-state index contributed by atoms with van der Waals surface area (Å²) in [5.41, 5.74) is 8.46. The molecule has 2 aliphatic rings. The van der Waals surface area contributed by atoms with Crippen LogP contribution in [0.4, 0.5) is 0 Å². The van der Waals surface area contributed by atoms with Gasteiger partial charge in [0.05, 0.1) is 5.52 Å². The third-order valence-electron chi connectivity index (χ3n) is 4.92. The van der Waals surface area contributed by atoms with Crippen LogP contribution >= 0.6 is 0 Å². The predicted molar refractivity (Wildman–Crippen MR) is 96.0 cm³/mol. The van der Waals surface area contributed by atoms with Gasteiger partial charge in [-0.3, -0.25) is 0 Å². The summed E-state index contributed by atoms with van der Waals surface area (Å²) < 4.78 is 2.51. The SMILES string of the molecule is CC1=Cc2c(n(C3=CCCC=C3)c3ccc(C)cc23)C(C)C1. The average Bonchev–Trinajstić information content (AvgIpc) is 2.82. The Bertz CT molecular complexity index is 842. The first-order chi connectivity index (χ1) is 10.6. The quantitative estimate of drug-likeness (QED) is 0.602. The second-order valence-electron chi connectivity index (χ2n) is 6.86. The zero-order valence-electron chi connectivity index (χ0n) is 13.7. The molecule has 0 radical (unpaired) electrons. The van der Waals surface area contributed by atoms with E-state index in [1.165, 1.54) is 51.8 Å². The number of rotatable bonds is 1. The number of benzene rings is 1. The summed E-state index contributed by atoms with van der Waals surface area (Å²) >= 11 is 0. The highest BCUT2D eigenvalue weighted by Gasteiger charge is 2.25. The molecule has 0 fully saturated rings. The van der Waals surface area contributed by atoms with Crippen LogP contribution in [-0.4, -0.2) is 4.57 Å². The highest BCUT2D eigenvalue weighted by atomic mass is 15.0. The molecule has 0 saturated carbocycles. The molecule has 1 aromatic heterocycles. The molecule has 112 valence electrons. The van der Waals surface area contributed by atoms with E-state index in [0.29, 0.717) is 5.92 Å². The fourth-order valence-electron chi connectivity index (χ4n) is 4.01. The summed E-state index contributed by atoms with van der Waals surface area (Å²) in [4.78, 5) is 0. The van der Waals surface area contributed by atoms with Crippen molar-refractivity contribution in [2.24, 2.45) is 0 Å². The first-order valence-corrected chi connectivity index (χ1v) is 8.34. The van der Waals surface area contributed by atoms with Gasteiger partial charge in [0, 0.05) is 28.3 Å². The van der Waals surface area contributed by atoms with Gasteiger partial charge in [0.25, 0.3) is 0 Å². The third-order valence-corrected chi connectivity index (χ3v) is 4.92. The summed E-state index contributed by atoms with van der Waals surface area (Å²) in [5.74, 6) is 0.573. The molecule has 2 aliphatic carbocycles. The Hall–Kier alpha value is -2.02. The van der Waals surface area contributed by atoms with E-state index in [1.807, 2.05) is 0 Å². The lowest BCUT2D eigenvalue weighted by Crippen LogP contribution is -2.09. The van der Waals surface area contributed by atoms with Crippen LogP contribution in [0.2, 0.25) is 0 Å². The maximum Gasteiger partial charge on any atom is 0.0537 e. The molecule has 1 heteroatoms. The van der Waals surface area contributed by atoms with E-state index >= 15 is 0 Å². The van der Waals surface area contributed by atoms with Gasteiger partial charge in [-0.15, -0.1) is 0 Å². The van der Waals surface area contributed by atoms with Gasteiger partial charge >= 0.3 is 0 Å². The molecule has 0 aliphatic heterocycles. The number of aromatic nitrogens is 1. The lowest BCUT2D eigenvalue weighted by atomic mass is 9.88. The van der Waals surface area contributed by atoms with Crippen LogP contribution in [-0.2, 0) is 0 Å². The minimum atomic E-state index is 0.573. The lowest BCUT2D eigenvalue weighted by Gasteiger charge is -2.23. The van der Waals surface area contributed by atoms with Crippen molar-refractivity contribution < 1.29 is 0 Å². The normalized spacial score (nSPS) is 20.8. The maximum atomic E-state index is 2.51. The van der Waals surface area contributed by atoms with E-state index in [9.17, 15) is 0 Å². The molecule has 1 nitrogen and oxygen atoms in total. The summed E-state index contributed by atoms with van der Waals surface area (Å²) in [6.45, 7) is 6.81. The van der Waals surface area contributed by atoms with Gasteiger partial charge in [-0.25, -0.2) is 0 Å². The highest BCUT2D eigenvalue weighted by Crippen LogP contribution is 2.41. The molecule has 0 N–H and O–H groups in total. The van der Waals surface area contributed by atoms with Gasteiger partial charge in [0.15, 0.2) is 0 Å². The van der Waals surface area contributed by atoms with Gasteiger partial charge in [-0.2, -0.15) is 0 Å². The molecule has 0 saturated heterocycles. The topological polar surface area (TPSA) is 4.93 Å². The monoisotopic (exact) mass is 289 g/mol. The van der Waals surface area contributed by atoms with Gasteiger partial charge in [0.2, 0.25) is 0 Å². The Morgan fingerprint density at radius 2 is 2.00 bits per heavy atom. The van der Waals surface area contributed by atoms with Crippen LogP contribution in [0.5, 0.6) is 0 Å². The Balaban J connectivity index is 2.10. The van der Waals surface area contributed by atoms with Gasteiger partial charge in [-0.1, -0.05) is 42.4 Å². The van der Waals surface area contributed by atoms with Crippen molar-refractivity contribution in [3.63, 3.8) is 0 Å². The Kier molecular flexibility index (Phi) is 3.11. The first-order valence-electron chi connectivity index (χ1n) is 8.34. The maximum absolute atomic E-state index is 2.51. The summed E-state index contributed by atoms with van der Waals surface area (Å²) in [7, 11) is 0. The molecule has 4 rings (SSSR count). The molecular formula is C21H23N. The number of fused-ring (bicyclic) bond motifs is 3. The van der Waals surface area contributed by atoms with Crippen LogP contribution in [0.15, 0.2) is 42.0 Å². The van der Waals surface area contributed by atoms with Crippen molar-refractivity contribution in [3.8, 4) is 0 Å². The molecule has 1 atom stereocenters. The first kappa shape index (κ1) is 13.6. The van der Waals surface area contributed by atoms with Crippen LogP contribution in [0.1, 0.15) is 55.8 Å². The van der Waals surface area contributed by atoms with Crippen molar-refractivity contribution in [1.29, 1.82) is 0 Å². The van der Waals surface area contributed by atoms with E-state index < -0.39 is 0 Å². The molecular weight excluding hydrogens is 266 g/mol. The Morgan fingerprint density at radius 3 is 2.77 bits per heavy atom. The Labute approximate surface area is 132 Å². The molecule has 0 spiro atoms. The molecule has 1 unspecified atom stereocenters. The summed E-state index contributed by atoms with van der Waals surface area (Å²) in [6, 6.07) is 6.88. The van der Waals surface area contributed by atoms with E-state index in [1.54, 1.807) is 0 Å². The third kappa shape index (κ3) is 1.99. The van der Waals surface area contributed by atoms with Crippen molar-refractivity contribution in [2.75, 3.05) is 0 Å². The minimum Gasteiger partial charge on any atom is -0.313 e. The second kappa shape index (κ2) is 5.01. The fraction of sp³-hybridized carbons (Fsp3) is 0.333. The van der Waals surface area contributed by atoms with E-state index in [2.05, 4.69) is 67.8 Å². The molecule has 1 heterocycles. The van der Waals surface area contributed by atoms with Crippen molar-refractivity contribution in [1.82, 2.24) is 4.57 Å². The molecule has 1 aromatic carbocycles. The number of hydrogen-bond donors (Lipinski definition) is 0. The zero-order chi connectivity index (χ0) is 15.3. The zero-order valence-corrected chi connectivity index (χ0v) is 13.7. The van der Waals surface area contributed by atoms with E-state index in [0.717, 1.165) is 6.42 Å². The standard InChI is InChI=1S/C21H23N/c1-14-9-10-20-18(12-14)19-13-15(2)11-16(3)21(19)22(20)17-7-5-4-6-8-17/h5,7-10,12-13,16H,4,6,11H2,1-3H3. The highest BCUT2D eigenvalue weighted by molar-refractivity contribution is 5.96. The van der Waals surface area contributed by atoms with Crippen molar-refractivity contribution in [3.05, 3.63) is 58.8 Å². The molecule has 0 amide bonds. The van der Waals surface area contributed by atoms with Crippen LogP contribution in [0.3, 0.4) is 0 Å².